The first kappa shape index (κ1) is 18.2. The van der Waals surface area contributed by atoms with Gasteiger partial charge in [-0.1, -0.05) is 61.8 Å². The molecule has 0 aromatic heterocycles. The lowest BCUT2D eigenvalue weighted by atomic mass is 9.66. The Morgan fingerprint density at radius 3 is 2.62 bits per heavy atom. The van der Waals surface area contributed by atoms with Gasteiger partial charge in [0.25, 0.3) is 0 Å². The van der Waals surface area contributed by atoms with Crippen molar-refractivity contribution < 1.29 is 0 Å². The molecule has 4 unspecified atom stereocenters. The Bertz CT molecular complexity index is 435. The fraction of sp³-hybridized carbons (Fsp3) is 0.889. The number of alkyl halides is 1. The number of fused-ring (bicyclic) bond motifs is 1. The van der Waals surface area contributed by atoms with Gasteiger partial charge in [-0.3, -0.25) is 0 Å². The summed E-state index contributed by atoms with van der Waals surface area (Å²) in [4.78, 5) is 0. The molecule has 0 saturated heterocycles. The lowest BCUT2D eigenvalue weighted by Gasteiger charge is -2.47. The third-order valence-electron chi connectivity index (χ3n) is 6.85. The zero-order valence-corrected chi connectivity index (χ0v) is 17.6. The molecule has 0 aromatic rings. The molecule has 0 bridgehead atoms. The van der Waals surface area contributed by atoms with Gasteiger partial charge in [0.2, 0.25) is 0 Å². The molecule has 21 heavy (non-hydrogen) atoms. The van der Waals surface area contributed by atoms with Crippen LogP contribution in [0.2, 0.25) is 0 Å². The Hall–Kier alpha value is 0.885. The number of hydrogen-bond acceptors (Lipinski definition) is 1. The van der Waals surface area contributed by atoms with Gasteiger partial charge in [0.1, 0.15) is 7.85 Å². The van der Waals surface area contributed by atoms with Gasteiger partial charge in [0, 0.05) is 8.17 Å². The summed E-state index contributed by atoms with van der Waals surface area (Å²) < 4.78 is 0.544. The Balaban J connectivity index is 2.40. The molecule has 2 aliphatic rings. The zero-order valence-electron chi connectivity index (χ0n) is 14.6. The Morgan fingerprint density at radius 1 is 1.33 bits per heavy atom. The number of rotatable bonds is 2. The largest absolute Gasteiger partial charge is 0.171 e. The van der Waals surface area contributed by atoms with Crippen LogP contribution in [0.15, 0.2) is 11.0 Å². The first-order valence-corrected chi connectivity index (χ1v) is 10.2. The third-order valence-corrected chi connectivity index (χ3v) is 9.94. The fourth-order valence-corrected chi connectivity index (χ4v) is 6.98. The molecule has 0 N–H and O–H groups in total. The van der Waals surface area contributed by atoms with E-state index in [9.17, 15) is 0 Å². The van der Waals surface area contributed by atoms with Gasteiger partial charge in [-0.25, -0.2) is 0 Å². The van der Waals surface area contributed by atoms with Gasteiger partial charge in [-0.2, -0.15) is 12.6 Å². The van der Waals surface area contributed by atoms with E-state index in [2.05, 4.69) is 58.1 Å². The van der Waals surface area contributed by atoms with Crippen molar-refractivity contribution in [1.29, 1.82) is 0 Å². The number of halogens is 1. The summed E-state index contributed by atoms with van der Waals surface area (Å²) in [6.45, 7) is 9.72. The minimum Gasteiger partial charge on any atom is -0.171 e. The van der Waals surface area contributed by atoms with E-state index in [1.54, 1.807) is 11.0 Å². The SMILES string of the molecule is BC1=C(C)CCC2(S)CCCC(C)(C(C)CC)CC2(I)C1. The van der Waals surface area contributed by atoms with Crippen molar-refractivity contribution in [2.45, 2.75) is 87.2 Å². The second kappa shape index (κ2) is 6.41. The lowest BCUT2D eigenvalue weighted by Crippen LogP contribution is -2.47. The van der Waals surface area contributed by atoms with E-state index in [1.807, 2.05) is 0 Å². The maximum absolute atomic E-state index is 5.32. The van der Waals surface area contributed by atoms with Crippen molar-refractivity contribution in [2.24, 2.45) is 11.3 Å². The van der Waals surface area contributed by atoms with Crippen molar-refractivity contribution in [3.05, 3.63) is 11.0 Å². The highest BCUT2D eigenvalue weighted by atomic mass is 127. The molecule has 0 radical (unpaired) electrons. The standard InChI is InChI=1S/C18H32BIS/c1-5-14(3)16(4)8-6-9-18(21)10-7-13(2)15(19)11-17(18,20)12-16/h14,21H,5-12,19H2,1-4H3. The molecule has 4 atom stereocenters. The van der Waals surface area contributed by atoms with E-state index >= 15 is 0 Å². The fourth-order valence-electron chi connectivity index (χ4n) is 4.57. The summed E-state index contributed by atoms with van der Waals surface area (Å²) in [5.41, 5.74) is 3.74. The van der Waals surface area contributed by atoms with Crippen LogP contribution in [0.25, 0.3) is 0 Å². The summed E-state index contributed by atoms with van der Waals surface area (Å²) in [6, 6.07) is 0. The molecule has 0 amide bonds. The van der Waals surface area contributed by atoms with Gasteiger partial charge >= 0.3 is 0 Å². The van der Waals surface area contributed by atoms with E-state index in [0.29, 0.717) is 8.84 Å². The molecule has 2 aliphatic carbocycles. The molecule has 0 aliphatic heterocycles. The summed E-state index contributed by atoms with van der Waals surface area (Å²) in [7, 11) is 2.36. The van der Waals surface area contributed by atoms with Gasteiger partial charge in [0.15, 0.2) is 0 Å². The number of thiol groups is 1. The molecule has 2 rings (SSSR count). The maximum atomic E-state index is 5.32. The van der Waals surface area contributed by atoms with Crippen molar-refractivity contribution >= 4 is 43.1 Å². The maximum Gasteiger partial charge on any atom is 0.133 e. The molecule has 120 valence electrons. The topological polar surface area (TPSA) is 0 Å². The van der Waals surface area contributed by atoms with Gasteiger partial charge in [0.05, 0.1) is 0 Å². The predicted octanol–water partition coefficient (Wildman–Crippen LogP) is 5.55. The summed E-state index contributed by atoms with van der Waals surface area (Å²) in [5.74, 6) is 0.813. The van der Waals surface area contributed by atoms with Crippen LogP contribution in [0, 0.1) is 11.3 Å². The number of hydrogen-bond donors (Lipinski definition) is 1. The smallest absolute Gasteiger partial charge is 0.133 e. The first-order valence-electron chi connectivity index (χ1n) is 8.72. The normalized spacial score (nSPS) is 43.0. The van der Waals surface area contributed by atoms with Gasteiger partial charge in [-0.05, 0) is 56.8 Å². The number of allylic oxidation sites excluding steroid dienone is 2. The van der Waals surface area contributed by atoms with E-state index in [4.69, 9.17) is 12.6 Å². The average Bonchev–Trinajstić information content (AvgIpc) is 2.56. The highest BCUT2D eigenvalue weighted by Crippen LogP contribution is 2.59. The quantitative estimate of drug-likeness (QED) is 0.259. The minimum atomic E-state index is 0.220. The van der Waals surface area contributed by atoms with Crippen LogP contribution in [0.3, 0.4) is 0 Å². The highest BCUT2D eigenvalue weighted by molar-refractivity contribution is 14.1. The van der Waals surface area contributed by atoms with Crippen LogP contribution in [-0.4, -0.2) is 16.0 Å². The van der Waals surface area contributed by atoms with E-state index in [1.165, 1.54) is 51.4 Å². The molecule has 0 aromatic carbocycles. The Kier molecular flexibility index (Phi) is 5.57. The molecule has 1 fully saturated rings. The molecular formula is C18H32BIS. The van der Waals surface area contributed by atoms with Crippen molar-refractivity contribution in [1.82, 2.24) is 0 Å². The molecule has 0 nitrogen and oxygen atoms in total. The van der Waals surface area contributed by atoms with Crippen LogP contribution in [0.4, 0.5) is 0 Å². The van der Waals surface area contributed by atoms with Crippen LogP contribution >= 0.6 is 35.2 Å². The van der Waals surface area contributed by atoms with E-state index in [0.717, 1.165) is 5.92 Å². The first-order chi connectivity index (χ1) is 9.66. The summed E-state index contributed by atoms with van der Waals surface area (Å²) in [5, 5.41) is 0. The van der Waals surface area contributed by atoms with Crippen LogP contribution in [-0.2, 0) is 0 Å². The predicted molar refractivity (Wildman–Crippen MR) is 110 cm³/mol. The minimum absolute atomic E-state index is 0.220. The van der Waals surface area contributed by atoms with Crippen LogP contribution in [0.1, 0.15) is 79.1 Å². The Labute approximate surface area is 152 Å². The van der Waals surface area contributed by atoms with Crippen molar-refractivity contribution in [3.8, 4) is 0 Å². The lowest BCUT2D eigenvalue weighted by molar-refractivity contribution is 0.151. The van der Waals surface area contributed by atoms with E-state index < -0.39 is 0 Å². The molecule has 1 saturated carbocycles. The summed E-state index contributed by atoms with van der Waals surface area (Å²) in [6.07, 6.45) is 10.4. The second-order valence-corrected chi connectivity index (χ2v) is 11.1. The highest BCUT2D eigenvalue weighted by Gasteiger charge is 2.53. The van der Waals surface area contributed by atoms with Crippen LogP contribution in [0.5, 0.6) is 0 Å². The van der Waals surface area contributed by atoms with Crippen molar-refractivity contribution in [3.63, 3.8) is 0 Å². The van der Waals surface area contributed by atoms with E-state index in [-0.39, 0.29) is 4.75 Å². The van der Waals surface area contributed by atoms with Gasteiger partial charge < -0.3 is 0 Å². The molecule has 3 heteroatoms. The summed E-state index contributed by atoms with van der Waals surface area (Å²) >= 11 is 8.15. The zero-order chi connectivity index (χ0) is 15.9. The monoisotopic (exact) mass is 418 g/mol. The van der Waals surface area contributed by atoms with Crippen molar-refractivity contribution in [2.75, 3.05) is 0 Å². The average molecular weight is 418 g/mol. The molecule has 0 spiro atoms. The van der Waals surface area contributed by atoms with Gasteiger partial charge in [-0.15, -0.1) is 5.47 Å². The Morgan fingerprint density at radius 2 is 2.00 bits per heavy atom. The molecular weight excluding hydrogens is 386 g/mol. The second-order valence-electron chi connectivity index (χ2n) is 8.23. The third kappa shape index (κ3) is 3.39. The molecule has 0 heterocycles. The van der Waals surface area contributed by atoms with Crippen LogP contribution < -0.4 is 0 Å².